The van der Waals surface area contributed by atoms with Crippen LogP contribution in [-0.4, -0.2) is 18.4 Å². The van der Waals surface area contributed by atoms with Gasteiger partial charge in [0.15, 0.2) is 4.99 Å². The van der Waals surface area contributed by atoms with Crippen molar-refractivity contribution in [2.75, 3.05) is 6.61 Å². The molecule has 0 aromatic heterocycles. The zero-order chi connectivity index (χ0) is 13.5. The maximum Gasteiger partial charge on any atom is 0.664 e. The van der Waals surface area contributed by atoms with Gasteiger partial charge in [-0.2, -0.15) is 4.79 Å². The van der Waals surface area contributed by atoms with Crippen LogP contribution in [0.25, 0.3) is 0 Å². The fourth-order valence-electron chi connectivity index (χ4n) is 1.73. The molecule has 0 spiro atoms. The number of hydrogen-bond donors (Lipinski definition) is 0. The number of aliphatic imine (C=N–C) groups is 1. The number of hydrogen-bond acceptors (Lipinski definition) is 2. The van der Waals surface area contributed by atoms with Crippen LogP contribution in [0.1, 0.15) is 18.1 Å². The van der Waals surface area contributed by atoms with Gasteiger partial charge in [0.25, 0.3) is 0 Å². The van der Waals surface area contributed by atoms with Gasteiger partial charge in [0.1, 0.15) is 0 Å². The second-order valence-corrected chi connectivity index (χ2v) is 3.89. The molecule has 1 radical (unpaired) electrons. The van der Waals surface area contributed by atoms with E-state index in [2.05, 4.69) is 4.99 Å². The van der Waals surface area contributed by atoms with Crippen LogP contribution in [0.4, 0.5) is 4.79 Å². The summed E-state index contributed by atoms with van der Waals surface area (Å²) in [6.45, 7) is 2.08. The molecule has 0 N–H and O–H groups in total. The molecule has 0 aliphatic carbocycles. The second kappa shape index (κ2) is 6.50. The first kappa shape index (κ1) is 13.0. The summed E-state index contributed by atoms with van der Waals surface area (Å²) in [6, 6.07) is 19.2. The molecule has 2 aromatic rings. The number of ether oxygens (including phenoxy) is 1. The van der Waals surface area contributed by atoms with Gasteiger partial charge in [0.05, 0.1) is 17.7 Å². The van der Waals surface area contributed by atoms with Crippen molar-refractivity contribution in [3.63, 3.8) is 0 Å². The van der Waals surface area contributed by atoms with Crippen LogP contribution in [-0.2, 0) is 4.74 Å². The van der Waals surface area contributed by atoms with E-state index in [-0.39, 0.29) is 0 Å². The summed E-state index contributed by atoms with van der Waals surface area (Å²) in [7, 11) is 0. The van der Waals surface area contributed by atoms with Gasteiger partial charge in [-0.05, 0) is 31.2 Å². The molecule has 0 atom stereocenters. The van der Waals surface area contributed by atoms with E-state index >= 15 is 0 Å². The third-order valence-corrected chi connectivity index (χ3v) is 2.57. The average molecular weight is 253 g/mol. The van der Waals surface area contributed by atoms with E-state index in [4.69, 9.17) is 4.74 Å². The van der Waals surface area contributed by atoms with Crippen LogP contribution in [0.2, 0.25) is 0 Å². The third kappa shape index (κ3) is 3.52. The summed E-state index contributed by atoms with van der Waals surface area (Å²) in [5, 5.41) is 0. The molecule has 1 amide bonds. The number of nitrogens with zero attached hydrogens (tertiary/aromatic N) is 1. The van der Waals surface area contributed by atoms with Gasteiger partial charge >= 0.3 is 11.8 Å². The van der Waals surface area contributed by atoms with Gasteiger partial charge in [0, 0.05) is 0 Å². The van der Waals surface area contributed by atoms with Crippen LogP contribution in [0, 0.1) is 0 Å². The van der Waals surface area contributed by atoms with Gasteiger partial charge in [-0.1, -0.05) is 36.4 Å². The Bertz CT molecular complexity index is 520. The topological polar surface area (TPSA) is 40.4 Å². The summed E-state index contributed by atoms with van der Waals surface area (Å²) in [4.78, 5) is 15.7. The second-order valence-electron chi connectivity index (χ2n) is 3.89. The lowest BCUT2D eigenvalue weighted by atomic mass is 10.0. The van der Waals surface area contributed by atoms with Crippen molar-refractivity contribution >= 4 is 11.8 Å². The first-order valence-corrected chi connectivity index (χ1v) is 6.17. The van der Waals surface area contributed by atoms with Gasteiger partial charge < -0.3 is 4.74 Å². The summed E-state index contributed by atoms with van der Waals surface area (Å²) < 4.78 is 4.89. The smallest absolute Gasteiger partial charge is 0.407 e. The van der Waals surface area contributed by atoms with Gasteiger partial charge in [0.2, 0.25) is 0 Å². The third-order valence-electron chi connectivity index (χ3n) is 2.57. The minimum Gasteiger partial charge on any atom is -0.407 e. The minimum atomic E-state index is -0.565. The fraction of sp³-hybridized carbons (Fsp3) is 0.125. The summed E-state index contributed by atoms with van der Waals surface area (Å²) in [6.07, 6.45) is -0.565. The summed E-state index contributed by atoms with van der Waals surface area (Å²) in [5.74, 6) is 0. The van der Waals surface area contributed by atoms with E-state index in [9.17, 15) is 4.79 Å². The molecular formula is C16H15NO2+. The lowest BCUT2D eigenvalue weighted by Crippen LogP contribution is -2.18. The lowest BCUT2D eigenvalue weighted by molar-refractivity contribution is 0.159. The van der Waals surface area contributed by atoms with Crippen LogP contribution >= 0.6 is 0 Å². The first-order chi connectivity index (χ1) is 9.31. The Balaban J connectivity index is 2.43. The van der Waals surface area contributed by atoms with Crippen LogP contribution in [0.15, 0.2) is 60.7 Å². The average Bonchev–Trinajstić information content (AvgIpc) is 2.47. The molecule has 95 valence electrons. The number of carbonyl (C=O) groups is 1. The lowest BCUT2D eigenvalue weighted by Gasteiger charge is -1.97. The van der Waals surface area contributed by atoms with Gasteiger partial charge in [-0.15, -0.1) is 0 Å². The Labute approximate surface area is 112 Å². The van der Waals surface area contributed by atoms with Crippen LogP contribution < -0.4 is 4.99 Å². The van der Waals surface area contributed by atoms with Crippen LogP contribution in [0.3, 0.4) is 0 Å². The van der Waals surface area contributed by atoms with Gasteiger partial charge in [-0.25, -0.2) is 0 Å². The highest BCUT2D eigenvalue weighted by Crippen LogP contribution is 2.08. The largest absolute Gasteiger partial charge is 0.664 e. The SMILES string of the molecule is CCOC(=O)[N+]=C(c1ccccc1)c1ccccc1. The minimum absolute atomic E-state index is 0.319. The van der Waals surface area contributed by atoms with E-state index in [0.29, 0.717) is 12.3 Å². The first-order valence-electron chi connectivity index (χ1n) is 6.17. The Morgan fingerprint density at radius 1 is 0.947 bits per heavy atom. The molecule has 3 nitrogen and oxygen atoms in total. The van der Waals surface area contributed by atoms with E-state index in [1.165, 1.54) is 0 Å². The maximum atomic E-state index is 11.6. The van der Waals surface area contributed by atoms with E-state index in [1.54, 1.807) is 6.92 Å². The highest BCUT2D eigenvalue weighted by molar-refractivity contribution is 6.14. The quantitative estimate of drug-likeness (QED) is 0.789. The molecule has 19 heavy (non-hydrogen) atoms. The number of carbonyl (C=O) groups excluding carboxylic acids is 1. The number of benzene rings is 2. The summed E-state index contributed by atoms with van der Waals surface area (Å²) >= 11 is 0. The van der Waals surface area contributed by atoms with Crippen molar-refractivity contribution in [3.8, 4) is 0 Å². The molecule has 2 aromatic carbocycles. The van der Waals surface area contributed by atoms with Crippen LogP contribution in [0.5, 0.6) is 0 Å². The van der Waals surface area contributed by atoms with Crippen molar-refractivity contribution in [3.05, 3.63) is 71.8 Å². The highest BCUT2D eigenvalue weighted by atomic mass is 16.5. The molecule has 0 bridgehead atoms. The standard InChI is InChI=1S/C16H15NO2/c1-2-19-16(18)17-15(13-9-5-3-6-10-13)14-11-7-4-8-12-14/h3-12H,2H2,1H3/q+1. The van der Waals surface area contributed by atoms with Crippen molar-refractivity contribution < 1.29 is 9.53 Å². The zero-order valence-corrected chi connectivity index (χ0v) is 10.7. The van der Waals surface area contributed by atoms with Crippen molar-refractivity contribution in [1.29, 1.82) is 0 Å². The number of amides is 1. The van der Waals surface area contributed by atoms with Crippen molar-refractivity contribution in [2.45, 2.75) is 6.92 Å². The van der Waals surface area contributed by atoms with E-state index < -0.39 is 6.09 Å². The molecule has 0 heterocycles. The van der Waals surface area contributed by atoms with E-state index in [1.807, 2.05) is 60.7 Å². The molecule has 0 aliphatic heterocycles. The number of rotatable bonds is 3. The molecule has 2 rings (SSSR count). The molecule has 0 saturated heterocycles. The monoisotopic (exact) mass is 253 g/mol. The van der Waals surface area contributed by atoms with Crippen molar-refractivity contribution in [1.82, 2.24) is 4.99 Å². The molecule has 0 saturated carbocycles. The Morgan fingerprint density at radius 3 is 1.84 bits per heavy atom. The predicted octanol–water partition coefficient (Wildman–Crippen LogP) is 3.02. The predicted molar refractivity (Wildman–Crippen MR) is 75.3 cm³/mol. The molecule has 3 heteroatoms. The Morgan fingerprint density at radius 2 is 1.42 bits per heavy atom. The van der Waals surface area contributed by atoms with Crippen molar-refractivity contribution in [2.24, 2.45) is 0 Å². The Kier molecular flexibility index (Phi) is 4.45. The Hall–Kier alpha value is -2.42. The zero-order valence-electron chi connectivity index (χ0n) is 10.7. The summed E-state index contributed by atoms with van der Waals surface area (Å²) in [5.41, 5.74) is 2.41. The maximum absolute atomic E-state index is 11.6. The molecule has 0 aliphatic rings. The highest BCUT2D eigenvalue weighted by Gasteiger charge is 2.23. The van der Waals surface area contributed by atoms with E-state index in [0.717, 1.165) is 11.1 Å². The molecular weight excluding hydrogens is 238 g/mol. The molecule has 0 fully saturated rings. The van der Waals surface area contributed by atoms with Gasteiger partial charge in [-0.3, -0.25) is 0 Å². The molecule has 0 unspecified atom stereocenters. The fourth-order valence-corrected chi connectivity index (χ4v) is 1.73. The normalized spacial score (nSPS) is 9.74.